The Morgan fingerprint density at radius 1 is 1.04 bits per heavy atom. The van der Waals surface area contributed by atoms with Gasteiger partial charge in [-0.05, 0) is 52.3 Å². The maximum atomic E-state index is 12.0. The van der Waals surface area contributed by atoms with Gasteiger partial charge in [-0.2, -0.15) is 0 Å². The van der Waals surface area contributed by atoms with Gasteiger partial charge in [-0.3, -0.25) is 9.69 Å². The Bertz CT molecular complexity index is 585. The van der Waals surface area contributed by atoms with Crippen LogP contribution in [0.15, 0.2) is 29.3 Å². The summed E-state index contributed by atoms with van der Waals surface area (Å²) < 4.78 is 0. The molecule has 1 aromatic rings. The highest BCUT2D eigenvalue weighted by Gasteiger charge is 2.12. The van der Waals surface area contributed by atoms with E-state index in [1.165, 1.54) is 0 Å². The van der Waals surface area contributed by atoms with Crippen LogP contribution in [-0.4, -0.2) is 67.5 Å². The van der Waals surface area contributed by atoms with Crippen LogP contribution >= 0.6 is 0 Å². The molecule has 6 heteroatoms. The number of carbonyl (C=O) groups is 1. The van der Waals surface area contributed by atoms with Crippen LogP contribution in [0.4, 0.5) is 0 Å². The molecule has 0 saturated heterocycles. The minimum atomic E-state index is 0.0138. The molecule has 0 fully saturated rings. The van der Waals surface area contributed by atoms with Gasteiger partial charge in [-0.15, -0.1) is 0 Å². The molecule has 0 spiro atoms. The summed E-state index contributed by atoms with van der Waals surface area (Å²) in [4.78, 5) is 20.6. The normalized spacial score (nSPS) is 12.0. The third-order valence-electron chi connectivity index (χ3n) is 4.36. The topological polar surface area (TPSA) is 60.0 Å². The number of benzene rings is 1. The molecule has 0 aliphatic carbocycles. The van der Waals surface area contributed by atoms with Gasteiger partial charge in [0.1, 0.15) is 0 Å². The van der Waals surface area contributed by atoms with E-state index in [1.807, 2.05) is 24.3 Å². The number of nitrogens with zero attached hydrogens (tertiary/aromatic N) is 3. The summed E-state index contributed by atoms with van der Waals surface area (Å²) in [6.07, 6.45) is 0. The molecule has 0 bridgehead atoms. The molecule has 0 heterocycles. The van der Waals surface area contributed by atoms with Gasteiger partial charge in [0.15, 0.2) is 5.96 Å². The zero-order chi connectivity index (χ0) is 20.4. The zero-order valence-electron chi connectivity index (χ0n) is 18.0. The minimum absolute atomic E-state index is 0.0138. The third kappa shape index (κ3) is 7.99. The van der Waals surface area contributed by atoms with Gasteiger partial charge < -0.3 is 15.5 Å². The summed E-state index contributed by atoms with van der Waals surface area (Å²) in [6.45, 7) is 14.2. The van der Waals surface area contributed by atoms with E-state index in [1.54, 1.807) is 19.0 Å². The SMILES string of the molecule is CCNC(=NCc1ccc(C(=O)N(C)C)cc1)NCCN(C(C)C)C(C)C. The average Bonchev–Trinajstić information content (AvgIpc) is 2.62. The second kappa shape index (κ2) is 11.6. The fraction of sp³-hybridized carbons (Fsp3) is 0.619. The predicted molar refractivity (Wildman–Crippen MR) is 114 cm³/mol. The van der Waals surface area contributed by atoms with E-state index in [0.717, 1.165) is 31.2 Å². The van der Waals surface area contributed by atoms with Gasteiger partial charge in [0.05, 0.1) is 6.54 Å². The molecular formula is C21H37N5O. The summed E-state index contributed by atoms with van der Waals surface area (Å²) in [6, 6.07) is 8.68. The van der Waals surface area contributed by atoms with E-state index in [4.69, 9.17) is 0 Å². The molecule has 6 nitrogen and oxygen atoms in total. The average molecular weight is 376 g/mol. The molecule has 0 atom stereocenters. The van der Waals surface area contributed by atoms with Crippen molar-refractivity contribution in [2.75, 3.05) is 33.7 Å². The third-order valence-corrected chi connectivity index (χ3v) is 4.36. The lowest BCUT2D eigenvalue weighted by Crippen LogP contribution is -2.45. The summed E-state index contributed by atoms with van der Waals surface area (Å²) in [5.41, 5.74) is 1.77. The predicted octanol–water partition coefficient (Wildman–Crippen LogP) is 2.56. The highest BCUT2D eigenvalue weighted by Crippen LogP contribution is 2.07. The van der Waals surface area contributed by atoms with Crippen molar-refractivity contribution in [2.45, 2.75) is 53.2 Å². The van der Waals surface area contributed by atoms with E-state index in [0.29, 0.717) is 24.2 Å². The van der Waals surface area contributed by atoms with Gasteiger partial charge in [-0.1, -0.05) is 12.1 Å². The Hall–Kier alpha value is -2.08. The summed E-state index contributed by atoms with van der Waals surface area (Å²) in [7, 11) is 3.52. The summed E-state index contributed by atoms with van der Waals surface area (Å²) in [5, 5.41) is 6.70. The molecular weight excluding hydrogens is 338 g/mol. The molecule has 0 aliphatic heterocycles. The van der Waals surface area contributed by atoms with Crippen molar-refractivity contribution in [2.24, 2.45) is 4.99 Å². The first-order valence-electron chi connectivity index (χ1n) is 9.84. The van der Waals surface area contributed by atoms with Crippen LogP contribution in [-0.2, 0) is 6.54 Å². The lowest BCUT2D eigenvalue weighted by molar-refractivity contribution is 0.0827. The number of hydrogen-bond acceptors (Lipinski definition) is 3. The largest absolute Gasteiger partial charge is 0.357 e. The molecule has 0 aliphatic rings. The molecule has 1 aromatic carbocycles. The van der Waals surface area contributed by atoms with Gasteiger partial charge in [0, 0.05) is 51.4 Å². The molecule has 2 N–H and O–H groups in total. The maximum Gasteiger partial charge on any atom is 0.253 e. The van der Waals surface area contributed by atoms with E-state index >= 15 is 0 Å². The van der Waals surface area contributed by atoms with Gasteiger partial charge in [-0.25, -0.2) is 4.99 Å². The quantitative estimate of drug-likeness (QED) is 0.514. The molecule has 1 amide bonds. The van der Waals surface area contributed by atoms with Crippen LogP contribution in [0.5, 0.6) is 0 Å². The molecule has 152 valence electrons. The van der Waals surface area contributed by atoms with E-state index in [-0.39, 0.29) is 5.91 Å². The molecule has 0 aromatic heterocycles. The van der Waals surface area contributed by atoms with Crippen molar-refractivity contribution in [3.8, 4) is 0 Å². The number of hydrogen-bond donors (Lipinski definition) is 2. The van der Waals surface area contributed by atoms with E-state index in [2.05, 4.69) is 55.1 Å². The first-order chi connectivity index (χ1) is 12.8. The Balaban J connectivity index is 2.64. The van der Waals surface area contributed by atoms with E-state index < -0.39 is 0 Å². The second-order valence-corrected chi connectivity index (χ2v) is 7.44. The van der Waals surface area contributed by atoms with Crippen molar-refractivity contribution in [1.82, 2.24) is 20.4 Å². The maximum absolute atomic E-state index is 12.0. The highest BCUT2D eigenvalue weighted by atomic mass is 16.2. The zero-order valence-corrected chi connectivity index (χ0v) is 18.0. The standard InChI is InChI=1S/C21H37N5O/c1-8-22-21(23-13-14-26(16(2)3)17(4)5)24-15-18-9-11-19(12-10-18)20(27)25(6)7/h9-12,16-17H,8,13-15H2,1-7H3,(H2,22,23,24). The van der Waals surface area contributed by atoms with Crippen molar-refractivity contribution in [1.29, 1.82) is 0 Å². The first kappa shape index (κ1) is 23.0. The van der Waals surface area contributed by atoms with Gasteiger partial charge in [0.2, 0.25) is 0 Å². The molecule has 1 rings (SSSR count). The van der Waals surface area contributed by atoms with E-state index in [9.17, 15) is 4.79 Å². The van der Waals surface area contributed by atoms with Crippen LogP contribution in [0, 0.1) is 0 Å². The van der Waals surface area contributed by atoms with Crippen LogP contribution in [0.3, 0.4) is 0 Å². The number of amides is 1. The monoisotopic (exact) mass is 375 g/mol. The van der Waals surface area contributed by atoms with Gasteiger partial charge >= 0.3 is 0 Å². The lowest BCUT2D eigenvalue weighted by atomic mass is 10.1. The van der Waals surface area contributed by atoms with Crippen molar-refractivity contribution in [3.63, 3.8) is 0 Å². The first-order valence-corrected chi connectivity index (χ1v) is 9.84. The van der Waals surface area contributed by atoms with Crippen molar-refractivity contribution < 1.29 is 4.79 Å². The fourth-order valence-electron chi connectivity index (χ4n) is 2.94. The Labute approximate surface area is 165 Å². The Morgan fingerprint density at radius 2 is 1.63 bits per heavy atom. The number of guanidine groups is 1. The Kier molecular flexibility index (Phi) is 9.86. The number of rotatable bonds is 9. The molecule has 27 heavy (non-hydrogen) atoms. The Morgan fingerprint density at radius 3 is 2.11 bits per heavy atom. The van der Waals surface area contributed by atoms with Crippen LogP contribution in [0.25, 0.3) is 0 Å². The van der Waals surface area contributed by atoms with Crippen molar-refractivity contribution >= 4 is 11.9 Å². The van der Waals surface area contributed by atoms with Crippen molar-refractivity contribution in [3.05, 3.63) is 35.4 Å². The number of nitrogens with one attached hydrogen (secondary N) is 2. The number of aliphatic imine (C=N–C) groups is 1. The van der Waals surface area contributed by atoms with Crippen LogP contribution in [0.2, 0.25) is 0 Å². The highest BCUT2D eigenvalue weighted by molar-refractivity contribution is 5.93. The molecule has 0 unspecified atom stereocenters. The summed E-state index contributed by atoms with van der Waals surface area (Å²) >= 11 is 0. The van der Waals surface area contributed by atoms with Crippen LogP contribution < -0.4 is 10.6 Å². The lowest BCUT2D eigenvalue weighted by Gasteiger charge is -2.30. The van der Waals surface area contributed by atoms with Gasteiger partial charge in [0.25, 0.3) is 5.91 Å². The molecule has 0 saturated carbocycles. The second-order valence-electron chi connectivity index (χ2n) is 7.44. The molecule has 0 radical (unpaired) electrons. The smallest absolute Gasteiger partial charge is 0.253 e. The summed E-state index contributed by atoms with van der Waals surface area (Å²) in [5.74, 6) is 0.832. The fourth-order valence-corrected chi connectivity index (χ4v) is 2.94. The number of carbonyl (C=O) groups excluding carboxylic acids is 1. The minimum Gasteiger partial charge on any atom is -0.357 e. The van der Waals surface area contributed by atoms with Crippen LogP contribution in [0.1, 0.15) is 50.5 Å².